The molecule has 1 N–H and O–H groups in total. The SMILES string of the molecule is Cc1cc(NC(=O)C(c2ccccc2)S(=O)(=O)CCCC(=O)N(C)C)no1. The molecule has 0 fully saturated rings. The van der Waals surface area contributed by atoms with Crippen LogP contribution in [0.1, 0.15) is 29.4 Å². The van der Waals surface area contributed by atoms with Crippen LogP contribution in [0.25, 0.3) is 0 Å². The third-order valence-electron chi connectivity index (χ3n) is 3.90. The smallest absolute Gasteiger partial charge is 0.248 e. The van der Waals surface area contributed by atoms with Gasteiger partial charge < -0.3 is 14.7 Å². The zero-order valence-electron chi connectivity index (χ0n) is 15.5. The number of anilines is 1. The van der Waals surface area contributed by atoms with Gasteiger partial charge >= 0.3 is 0 Å². The second kappa shape index (κ2) is 8.81. The number of carbonyl (C=O) groups excluding carboxylic acids is 2. The summed E-state index contributed by atoms with van der Waals surface area (Å²) in [6, 6.07) is 9.74. The first-order valence-electron chi connectivity index (χ1n) is 8.41. The van der Waals surface area contributed by atoms with Crippen LogP contribution in [0, 0.1) is 6.92 Å². The van der Waals surface area contributed by atoms with Crippen LogP contribution < -0.4 is 5.32 Å². The van der Waals surface area contributed by atoms with E-state index in [0.29, 0.717) is 11.3 Å². The molecule has 1 heterocycles. The molecule has 0 aliphatic heterocycles. The van der Waals surface area contributed by atoms with Crippen LogP contribution >= 0.6 is 0 Å². The molecule has 2 aromatic rings. The van der Waals surface area contributed by atoms with Crippen molar-refractivity contribution in [3.05, 3.63) is 47.7 Å². The molecule has 0 radical (unpaired) electrons. The van der Waals surface area contributed by atoms with Gasteiger partial charge in [-0.05, 0) is 18.9 Å². The predicted octanol–water partition coefficient (Wildman–Crippen LogP) is 1.95. The lowest BCUT2D eigenvalue weighted by Gasteiger charge is -2.17. The van der Waals surface area contributed by atoms with Crippen LogP contribution in [0.15, 0.2) is 40.9 Å². The number of aryl methyl sites for hydroxylation is 1. The average Bonchev–Trinajstić information content (AvgIpc) is 3.00. The highest BCUT2D eigenvalue weighted by molar-refractivity contribution is 7.92. The van der Waals surface area contributed by atoms with Crippen molar-refractivity contribution in [3.63, 3.8) is 0 Å². The largest absolute Gasteiger partial charge is 0.360 e. The summed E-state index contributed by atoms with van der Waals surface area (Å²) < 4.78 is 30.7. The van der Waals surface area contributed by atoms with Crippen molar-refractivity contribution in [3.8, 4) is 0 Å². The molecule has 0 bridgehead atoms. The third kappa shape index (κ3) is 5.65. The molecule has 1 unspecified atom stereocenters. The van der Waals surface area contributed by atoms with Gasteiger partial charge in [-0.2, -0.15) is 0 Å². The Morgan fingerprint density at radius 3 is 2.44 bits per heavy atom. The van der Waals surface area contributed by atoms with Crippen molar-refractivity contribution >= 4 is 27.5 Å². The lowest BCUT2D eigenvalue weighted by atomic mass is 10.1. The fraction of sp³-hybridized carbons (Fsp3) is 0.389. The lowest BCUT2D eigenvalue weighted by molar-refractivity contribution is -0.128. The summed E-state index contributed by atoms with van der Waals surface area (Å²) in [4.78, 5) is 25.8. The minimum absolute atomic E-state index is 0.0951. The van der Waals surface area contributed by atoms with E-state index in [-0.39, 0.29) is 30.3 Å². The van der Waals surface area contributed by atoms with E-state index in [4.69, 9.17) is 4.52 Å². The molecule has 0 saturated carbocycles. The summed E-state index contributed by atoms with van der Waals surface area (Å²) in [5.41, 5.74) is 0.356. The van der Waals surface area contributed by atoms with E-state index < -0.39 is 21.0 Å². The quantitative estimate of drug-likeness (QED) is 0.734. The number of hydrogen-bond donors (Lipinski definition) is 1. The maximum Gasteiger partial charge on any atom is 0.248 e. The van der Waals surface area contributed by atoms with Crippen molar-refractivity contribution in [2.45, 2.75) is 25.0 Å². The van der Waals surface area contributed by atoms with E-state index >= 15 is 0 Å². The number of sulfone groups is 1. The van der Waals surface area contributed by atoms with E-state index in [1.807, 2.05) is 0 Å². The first-order chi connectivity index (χ1) is 12.7. The number of nitrogens with zero attached hydrogens (tertiary/aromatic N) is 2. The van der Waals surface area contributed by atoms with E-state index in [2.05, 4.69) is 10.5 Å². The first-order valence-corrected chi connectivity index (χ1v) is 10.1. The molecule has 9 heteroatoms. The van der Waals surface area contributed by atoms with Gasteiger partial charge in [0.1, 0.15) is 5.76 Å². The van der Waals surface area contributed by atoms with Crippen LogP contribution in [0.5, 0.6) is 0 Å². The molecule has 0 aliphatic carbocycles. The van der Waals surface area contributed by atoms with Gasteiger partial charge in [-0.25, -0.2) is 8.42 Å². The van der Waals surface area contributed by atoms with Gasteiger partial charge in [0.25, 0.3) is 0 Å². The second-order valence-corrected chi connectivity index (χ2v) is 8.57. The molecule has 2 amide bonds. The highest BCUT2D eigenvalue weighted by atomic mass is 32.2. The summed E-state index contributed by atoms with van der Waals surface area (Å²) in [5.74, 6) is -0.516. The molecule has 1 aromatic carbocycles. The molecule has 2 rings (SSSR count). The summed E-state index contributed by atoms with van der Waals surface area (Å²) in [6.45, 7) is 1.66. The lowest BCUT2D eigenvalue weighted by Crippen LogP contribution is -2.30. The number of nitrogens with one attached hydrogen (secondary N) is 1. The Bertz CT molecular complexity index is 891. The molecule has 0 saturated heterocycles. The van der Waals surface area contributed by atoms with Crippen molar-refractivity contribution < 1.29 is 22.5 Å². The van der Waals surface area contributed by atoms with E-state index in [0.717, 1.165) is 0 Å². The number of carbonyl (C=O) groups is 2. The second-order valence-electron chi connectivity index (χ2n) is 6.36. The van der Waals surface area contributed by atoms with Gasteiger partial charge in [0, 0.05) is 26.6 Å². The molecule has 1 aromatic heterocycles. The van der Waals surface area contributed by atoms with Gasteiger partial charge in [0.05, 0.1) is 5.75 Å². The average molecular weight is 393 g/mol. The minimum Gasteiger partial charge on any atom is -0.360 e. The topological polar surface area (TPSA) is 110 Å². The molecular weight excluding hydrogens is 370 g/mol. The fourth-order valence-electron chi connectivity index (χ4n) is 2.53. The van der Waals surface area contributed by atoms with Crippen LogP contribution in [0.3, 0.4) is 0 Å². The van der Waals surface area contributed by atoms with Crippen molar-refractivity contribution in [1.82, 2.24) is 10.1 Å². The summed E-state index contributed by atoms with van der Waals surface area (Å²) in [7, 11) is -0.634. The van der Waals surface area contributed by atoms with E-state index in [9.17, 15) is 18.0 Å². The first kappa shape index (κ1) is 20.6. The van der Waals surface area contributed by atoms with E-state index in [1.54, 1.807) is 51.4 Å². The zero-order valence-corrected chi connectivity index (χ0v) is 16.3. The highest BCUT2D eigenvalue weighted by Gasteiger charge is 2.34. The number of benzene rings is 1. The molecule has 27 heavy (non-hydrogen) atoms. The number of hydrogen-bond acceptors (Lipinski definition) is 6. The Morgan fingerprint density at radius 2 is 1.89 bits per heavy atom. The van der Waals surface area contributed by atoms with Crippen LogP contribution in [0.2, 0.25) is 0 Å². The monoisotopic (exact) mass is 393 g/mol. The number of amides is 2. The maximum absolute atomic E-state index is 12.9. The molecule has 146 valence electrons. The Kier molecular flexibility index (Phi) is 6.73. The van der Waals surface area contributed by atoms with Gasteiger partial charge in [0.15, 0.2) is 20.9 Å². The van der Waals surface area contributed by atoms with Gasteiger partial charge in [0.2, 0.25) is 11.8 Å². The van der Waals surface area contributed by atoms with Crippen LogP contribution in [-0.2, 0) is 19.4 Å². The normalized spacial score (nSPS) is 12.4. The van der Waals surface area contributed by atoms with Crippen LogP contribution in [-0.4, -0.2) is 50.1 Å². The minimum atomic E-state index is -3.85. The Morgan fingerprint density at radius 1 is 1.22 bits per heavy atom. The Balaban J connectivity index is 2.21. The molecule has 1 atom stereocenters. The fourth-order valence-corrected chi connectivity index (χ4v) is 4.27. The molecule has 0 aliphatic rings. The summed E-state index contributed by atoms with van der Waals surface area (Å²) in [5, 5.41) is 4.76. The highest BCUT2D eigenvalue weighted by Crippen LogP contribution is 2.26. The molecule has 0 spiro atoms. The molecular formula is C18H23N3O5S. The van der Waals surface area contributed by atoms with Crippen LogP contribution in [0.4, 0.5) is 5.82 Å². The number of rotatable bonds is 8. The third-order valence-corrected chi connectivity index (χ3v) is 5.96. The van der Waals surface area contributed by atoms with Crippen molar-refractivity contribution in [1.29, 1.82) is 0 Å². The Hall–Kier alpha value is -2.68. The predicted molar refractivity (Wildman–Crippen MR) is 101 cm³/mol. The maximum atomic E-state index is 12.9. The molecule has 8 nitrogen and oxygen atoms in total. The van der Waals surface area contributed by atoms with Crippen molar-refractivity contribution in [2.24, 2.45) is 0 Å². The number of aromatic nitrogens is 1. The van der Waals surface area contributed by atoms with Crippen molar-refractivity contribution in [2.75, 3.05) is 25.2 Å². The summed E-state index contributed by atoms with van der Waals surface area (Å²) >= 11 is 0. The van der Waals surface area contributed by atoms with E-state index in [1.165, 1.54) is 11.0 Å². The zero-order chi connectivity index (χ0) is 20.0. The standard InChI is InChI=1S/C18H23N3O5S/c1-13-12-15(20-26-13)19-18(23)17(14-8-5-4-6-9-14)27(24,25)11-7-10-16(22)21(2)3/h4-6,8-9,12,17H,7,10-11H2,1-3H3,(H,19,20,23). The van der Waals surface area contributed by atoms with Gasteiger partial charge in [-0.1, -0.05) is 35.5 Å². The van der Waals surface area contributed by atoms with Gasteiger partial charge in [-0.15, -0.1) is 0 Å². The summed E-state index contributed by atoms with van der Waals surface area (Å²) in [6.07, 6.45) is 0.233. The Labute approximate surface area is 158 Å². The van der Waals surface area contributed by atoms with Gasteiger partial charge in [-0.3, -0.25) is 9.59 Å².